The standard InChI is InChI=1S/C8H9NO.C5H12O3S2/c1-7(10)9-8-5-3-2-4-6-8;1-10(6,7)8-4-2-3-5-9/h2-6H,1H3,(H,9,10);9H,2-5H2,1H3. The number of hydrogen-bond acceptors (Lipinski definition) is 5. The quantitative estimate of drug-likeness (QED) is 0.479. The molecule has 0 aromatic heterocycles. The molecule has 0 heterocycles. The summed E-state index contributed by atoms with van der Waals surface area (Å²) in [5, 5.41) is 2.67. The van der Waals surface area contributed by atoms with Crippen LogP contribution in [0, 0.1) is 0 Å². The molecule has 0 unspecified atom stereocenters. The molecule has 1 amide bonds. The minimum atomic E-state index is -3.23. The van der Waals surface area contributed by atoms with Gasteiger partial charge in [0, 0.05) is 12.6 Å². The highest BCUT2D eigenvalue weighted by Gasteiger charge is 1.98. The van der Waals surface area contributed by atoms with Gasteiger partial charge in [0.1, 0.15) is 0 Å². The Morgan fingerprint density at radius 1 is 1.25 bits per heavy atom. The molecule has 0 aliphatic carbocycles. The van der Waals surface area contributed by atoms with Gasteiger partial charge in [-0.05, 0) is 30.7 Å². The first-order valence-electron chi connectivity index (χ1n) is 6.13. The topological polar surface area (TPSA) is 72.5 Å². The minimum Gasteiger partial charge on any atom is -0.326 e. The van der Waals surface area contributed by atoms with Crippen LogP contribution in [0.3, 0.4) is 0 Å². The molecule has 0 spiro atoms. The number of benzene rings is 1. The van der Waals surface area contributed by atoms with Gasteiger partial charge in [-0.3, -0.25) is 8.98 Å². The molecule has 114 valence electrons. The summed E-state index contributed by atoms with van der Waals surface area (Å²) in [6.45, 7) is 1.77. The summed E-state index contributed by atoms with van der Waals surface area (Å²) in [5.74, 6) is 0.735. The summed E-state index contributed by atoms with van der Waals surface area (Å²) in [7, 11) is -3.23. The van der Waals surface area contributed by atoms with E-state index in [9.17, 15) is 13.2 Å². The van der Waals surface area contributed by atoms with Crippen molar-refractivity contribution >= 4 is 34.3 Å². The molecule has 1 aromatic carbocycles. The van der Waals surface area contributed by atoms with E-state index in [-0.39, 0.29) is 12.5 Å². The average Bonchev–Trinajstić information content (AvgIpc) is 2.35. The van der Waals surface area contributed by atoms with Gasteiger partial charge in [-0.2, -0.15) is 21.0 Å². The van der Waals surface area contributed by atoms with Gasteiger partial charge in [0.25, 0.3) is 10.1 Å². The Labute approximate surface area is 126 Å². The highest BCUT2D eigenvalue weighted by atomic mass is 32.2. The van der Waals surface area contributed by atoms with Crippen molar-refractivity contribution in [3.63, 3.8) is 0 Å². The molecule has 0 aliphatic rings. The zero-order valence-corrected chi connectivity index (χ0v) is 13.4. The van der Waals surface area contributed by atoms with Crippen LogP contribution in [0.2, 0.25) is 0 Å². The third-order valence-electron chi connectivity index (χ3n) is 1.94. The fourth-order valence-corrected chi connectivity index (χ4v) is 1.79. The van der Waals surface area contributed by atoms with Crippen LogP contribution >= 0.6 is 12.6 Å². The minimum absolute atomic E-state index is 0.0359. The maximum absolute atomic E-state index is 10.5. The Balaban J connectivity index is 0.000000361. The number of hydrogen-bond donors (Lipinski definition) is 2. The van der Waals surface area contributed by atoms with Crippen LogP contribution in [0.4, 0.5) is 5.69 Å². The van der Waals surface area contributed by atoms with E-state index < -0.39 is 10.1 Å². The highest BCUT2D eigenvalue weighted by Crippen LogP contribution is 2.03. The van der Waals surface area contributed by atoms with Crippen LogP contribution in [0.15, 0.2) is 30.3 Å². The number of thiol groups is 1. The first-order valence-corrected chi connectivity index (χ1v) is 8.58. The fourth-order valence-electron chi connectivity index (χ4n) is 1.15. The van der Waals surface area contributed by atoms with E-state index in [0.29, 0.717) is 0 Å². The zero-order valence-electron chi connectivity index (χ0n) is 11.7. The van der Waals surface area contributed by atoms with Gasteiger partial charge < -0.3 is 5.32 Å². The number of carbonyl (C=O) groups is 1. The second-order valence-corrected chi connectivity index (χ2v) is 6.10. The monoisotopic (exact) mass is 319 g/mol. The van der Waals surface area contributed by atoms with Crippen LogP contribution in [0.5, 0.6) is 0 Å². The van der Waals surface area contributed by atoms with Crippen LogP contribution in [0.25, 0.3) is 0 Å². The molecular formula is C13H21NO4S2. The lowest BCUT2D eigenvalue weighted by Crippen LogP contribution is -2.04. The van der Waals surface area contributed by atoms with Crippen LogP contribution in [-0.4, -0.2) is 32.9 Å². The van der Waals surface area contributed by atoms with E-state index in [2.05, 4.69) is 22.1 Å². The summed E-state index contributed by atoms with van der Waals surface area (Å²) < 4.78 is 25.2. The summed E-state index contributed by atoms with van der Waals surface area (Å²) in [5.41, 5.74) is 0.843. The van der Waals surface area contributed by atoms with Crippen molar-refractivity contribution in [2.75, 3.05) is 23.9 Å². The Bertz CT molecular complexity index is 474. The Kier molecular flexibility index (Phi) is 10.1. The first-order chi connectivity index (χ1) is 9.35. The smallest absolute Gasteiger partial charge is 0.264 e. The van der Waals surface area contributed by atoms with E-state index in [0.717, 1.165) is 30.5 Å². The lowest BCUT2D eigenvalue weighted by Gasteiger charge is -1.98. The molecule has 0 aliphatic heterocycles. The molecule has 0 saturated carbocycles. The predicted octanol–water partition coefficient (Wildman–Crippen LogP) is 2.32. The summed E-state index contributed by atoms with van der Waals surface area (Å²) >= 11 is 3.96. The number of nitrogens with one attached hydrogen (secondary N) is 1. The second kappa shape index (κ2) is 10.7. The molecule has 1 aromatic rings. The predicted molar refractivity (Wildman–Crippen MR) is 84.6 cm³/mol. The third-order valence-corrected chi connectivity index (χ3v) is 2.86. The van der Waals surface area contributed by atoms with Crippen LogP contribution in [-0.2, 0) is 19.1 Å². The van der Waals surface area contributed by atoms with E-state index >= 15 is 0 Å². The molecule has 0 atom stereocenters. The lowest BCUT2D eigenvalue weighted by molar-refractivity contribution is -0.114. The molecule has 7 heteroatoms. The molecule has 0 fully saturated rings. The molecule has 0 saturated heterocycles. The van der Waals surface area contributed by atoms with E-state index in [1.807, 2.05) is 30.3 Å². The van der Waals surface area contributed by atoms with Crippen LogP contribution in [0.1, 0.15) is 19.8 Å². The normalized spacial score (nSPS) is 10.3. The highest BCUT2D eigenvalue weighted by molar-refractivity contribution is 7.86. The average molecular weight is 319 g/mol. The van der Waals surface area contributed by atoms with Gasteiger partial charge in [0.15, 0.2) is 0 Å². The Morgan fingerprint density at radius 3 is 2.30 bits per heavy atom. The molecule has 20 heavy (non-hydrogen) atoms. The van der Waals surface area contributed by atoms with Crippen molar-refractivity contribution in [1.29, 1.82) is 0 Å². The first kappa shape index (κ1) is 18.9. The Morgan fingerprint density at radius 2 is 1.85 bits per heavy atom. The molecule has 1 N–H and O–H groups in total. The van der Waals surface area contributed by atoms with E-state index in [1.165, 1.54) is 6.92 Å². The zero-order chi connectivity index (χ0) is 15.4. The van der Waals surface area contributed by atoms with Gasteiger partial charge >= 0.3 is 0 Å². The van der Waals surface area contributed by atoms with Crippen molar-refractivity contribution in [3.8, 4) is 0 Å². The Hall–Kier alpha value is -1.05. The third kappa shape index (κ3) is 13.4. The number of amides is 1. The van der Waals surface area contributed by atoms with Crippen molar-refractivity contribution in [2.45, 2.75) is 19.8 Å². The number of anilines is 1. The molecule has 0 radical (unpaired) electrons. The van der Waals surface area contributed by atoms with Crippen molar-refractivity contribution in [3.05, 3.63) is 30.3 Å². The number of rotatable bonds is 6. The van der Waals surface area contributed by atoms with Crippen LogP contribution < -0.4 is 5.32 Å². The number of para-hydroxylation sites is 1. The van der Waals surface area contributed by atoms with Crippen molar-refractivity contribution < 1.29 is 17.4 Å². The largest absolute Gasteiger partial charge is 0.326 e. The van der Waals surface area contributed by atoms with E-state index in [1.54, 1.807) is 0 Å². The lowest BCUT2D eigenvalue weighted by atomic mass is 10.3. The molecular weight excluding hydrogens is 298 g/mol. The number of carbonyl (C=O) groups excluding carboxylic acids is 1. The molecule has 1 rings (SSSR count). The van der Waals surface area contributed by atoms with Gasteiger partial charge in [-0.25, -0.2) is 0 Å². The van der Waals surface area contributed by atoms with Crippen molar-refractivity contribution in [1.82, 2.24) is 0 Å². The summed E-state index contributed by atoms with van der Waals surface area (Å²) in [6.07, 6.45) is 2.68. The number of unbranched alkanes of at least 4 members (excludes halogenated alkanes) is 1. The van der Waals surface area contributed by atoms with Gasteiger partial charge in [-0.1, -0.05) is 18.2 Å². The van der Waals surface area contributed by atoms with Crippen molar-refractivity contribution in [2.24, 2.45) is 0 Å². The van der Waals surface area contributed by atoms with Gasteiger partial charge in [0.05, 0.1) is 12.9 Å². The summed E-state index contributed by atoms with van der Waals surface area (Å²) in [4.78, 5) is 10.5. The SMILES string of the molecule is CC(=O)Nc1ccccc1.CS(=O)(=O)OCCCCS. The summed E-state index contributed by atoms with van der Waals surface area (Å²) in [6, 6.07) is 9.37. The van der Waals surface area contributed by atoms with E-state index in [4.69, 9.17) is 0 Å². The maximum Gasteiger partial charge on any atom is 0.264 e. The van der Waals surface area contributed by atoms with Gasteiger partial charge in [0.2, 0.25) is 5.91 Å². The molecule has 5 nitrogen and oxygen atoms in total. The second-order valence-electron chi connectivity index (χ2n) is 4.00. The molecule has 0 bridgehead atoms. The van der Waals surface area contributed by atoms with Gasteiger partial charge in [-0.15, -0.1) is 0 Å². The maximum atomic E-state index is 10.5. The fraction of sp³-hybridized carbons (Fsp3) is 0.462.